The number of rotatable bonds is 3. The normalized spacial score (nSPS) is 18.3. The molecule has 6 heteroatoms. The van der Waals surface area contributed by atoms with Crippen LogP contribution in [0.1, 0.15) is 43.0 Å². The highest BCUT2D eigenvalue weighted by atomic mass is 16.2. The Morgan fingerprint density at radius 2 is 1.48 bits per heavy atom. The average molecular weight is 343 g/mol. The summed E-state index contributed by atoms with van der Waals surface area (Å²) in [5.74, 6) is 0.303. The number of benzene rings is 1. The van der Waals surface area contributed by atoms with Crippen LogP contribution in [0.4, 0.5) is 5.69 Å². The van der Waals surface area contributed by atoms with Crippen LogP contribution in [0.15, 0.2) is 24.3 Å². The zero-order valence-electron chi connectivity index (χ0n) is 14.7. The van der Waals surface area contributed by atoms with E-state index in [1.165, 1.54) is 6.92 Å². The molecule has 1 heterocycles. The number of hydrogen-bond acceptors (Lipinski definition) is 3. The number of nitrogens with one attached hydrogen (secondary N) is 1. The van der Waals surface area contributed by atoms with Gasteiger partial charge in [0.2, 0.25) is 11.8 Å². The molecule has 1 aliphatic heterocycles. The van der Waals surface area contributed by atoms with Gasteiger partial charge in [0.1, 0.15) is 0 Å². The zero-order valence-corrected chi connectivity index (χ0v) is 14.7. The fourth-order valence-corrected chi connectivity index (χ4v) is 3.64. The van der Waals surface area contributed by atoms with Crippen molar-refractivity contribution in [2.45, 2.75) is 32.6 Å². The number of anilines is 1. The summed E-state index contributed by atoms with van der Waals surface area (Å²) in [7, 11) is 0. The summed E-state index contributed by atoms with van der Waals surface area (Å²) in [6, 6.07) is 6.91. The number of carbonyl (C=O) groups excluding carboxylic acids is 3. The maximum Gasteiger partial charge on any atom is 0.253 e. The van der Waals surface area contributed by atoms with Crippen LogP contribution in [0.2, 0.25) is 0 Å². The molecule has 1 aromatic carbocycles. The topological polar surface area (TPSA) is 69.7 Å². The first-order valence-electron chi connectivity index (χ1n) is 9.00. The van der Waals surface area contributed by atoms with Gasteiger partial charge in [-0.15, -0.1) is 0 Å². The Labute approximate surface area is 148 Å². The van der Waals surface area contributed by atoms with E-state index in [1.54, 1.807) is 29.2 Å². The highest BCUT2D eigenvalue weighted by Crippen LogP contribution is 2.27. The summed E-state index contributed by atoms with van der Waals surface area (Å²) in [5, 5.41) is 2.69. The van der Waals surface area contributed by atoms with E-state index in [9.17, 15) is 14.4 Å². The van der Waals surface area contributed by atoms with Gasteiger partial charge < -0.3 is 15.1 Å². The van der Waals surface area contributed by atoms with Crippen molar-refractivity contribution >= 4 is 23.4 Å². The zero-order chi connectivity index (χ0) is 17.8. The lowest BCUT2D eigenvalue weighted by molar-refractivity contribution is -0.136. The molecule has 2 fully saturated rings. The second-order valence-electron chi connectivity index (χ2n) is 6.86. The van der Waals surface area contributed by atoms with Crippen molar-refractivity contribution in [1.82, 2.24) is 9.80 Å². The molecule has 0 aromatic heterocycles. The van der Waals surface area contributed by atoms with Gasteiger partial charge in [0, 0.05) is 50.3 Å². The molecule has 1 N–H and O–H groups in total. The van der Waals surface area contributed by atoms with Gasteiger partial charge in [0.05, 0.1) is 0 Å². The van der Waals surface area contributed by atoms with Crippen LogP contribution in [-0.2, 0) is 9.59 Å². The number of carbonyl (C=O) groups is 3. The molecular formula is C19H25N3O3. The molecule has 1 saturated heterocycles. The first-order chi connectivity index (χ1) is 12.0. The highest BCUT2D eigenvalue weighted by molar-refractivity contribution is 5.95. The van der Waals surface area contributed by atoms with Crippen LogP contribution >= 0.6 is 0 Å². The third-order valence-electron chi connectivity index (χ3n) is 5.04. The van der Waals surface area contributed by atoms with E-state index in [0.29, 0.717) is 37.4 Å². The van der Waals surface area contributed by atoms with E-state index in [-0.39, 0.29) is 23.6 Å². The molecule has 25 heavy (non-hydrogen) atoms. The third-order valence-corrected chi connectivity index (χ3v) is 5.04. The molecule has 0 spiro atoms. The molecular weight excluding hydrogens is 318 g/mol. The molecule has 0 unspecified atom stereocenters. The lowest BCUT2D eigenvalue weighted by Gasteiger charge is -2.36. The van der Waals surface area contributed by atoms with E-state index in [2.05, 4.69) is 5.32 Å². The van der Waals surface area contributed by atoms with Crippen molar-refractivity contribution in [2.75, 3.05) is 31.5 Å². The van der Waals surface area contributed by atoms with Gasteiger partial charge in [-0.25, -0.2) is 0 Å². The van der Waals surface area contributed by atoms with Crippen LogP contribution in [0, 0.1) is 5.92 Å². The Kier molecular flexibility index (Phi) is 5.36. The average Bonchev–Trinajstić information content (AvgIpc) is 3.15. The molecule has 3 rings (SSSR count). The van der Waals surface area contributed by atoms with Crippen LogP contribution < -0.4 is 5.32 Å². The van der Waals surface area contributed by atoms with Crippen LogP contribution in [0.3, 0.4) is 0 Å². The molecule has 1 saturated carbocycles. The standard InChI is InChI=1S/C19H25N3O3/c1-14(23)20-17-8-6-16(7-9-17)19(25)22-12-10-21(11-13-22)18(24)15-4-2-3-5-15/h6-9,15H,2-5,10-13H2,1H3,(H,20,23). The van der Waals surface area contributed by atoms with Gasteiger partial charge >= 0.3 is 0 Å². The van der Waals surface area contributed by atoms with E-state index in [4.69, 9.17) is 0 Å². The monoisotopic (exact) mass is 343 g/mol. The maximum atomic E-state index is 12.6. The fraction of sp³-hybridized carbons (Fsp3) is 0.526. The summed E-state index contributed by atoms with van der Waals surface area (Å²) in [6.45, 7) is 3.83. The van der Waals surface area contributed by atoms with E-state index < -0.39 is 0 Å². The van der Waals surface area contributed by atoms with Crippen molar-refractivity contribution in [3.05, 3.63) is 29.8 Å². The Bertz CT molecular complexity index is 642. The highest BCUT2D eigenvalue weighted by Gasteiger charge is 2.30. The first-order valence-corrected chi connectivity index (χ1v) is 9.00. The maximum absolute atomic E-state index is 12.6. The number of amides is 3. The van der Waals surface area contributed by atoms with E-state index in [0.717, 1.165) is 25.7 Å². The molecule has 1 aromatic rings. The molecule has 2 aliphatic rings. The Morgan fingerprint density at radius 1 is 0.920 bits per heavy atom. The number of hydrogen-bond donors (Lipinski definition) is 1. The van der Waals surface area contributed by atoms with Crippen molar-refractivity contribution in [2.24, 2.45) is 5.92 Å². The Hall–Kier alpha value is -2.37. The molecule has 6 nitrogen and oxygen atoms in total. The second-order valence-corrected chi connectivity index (χ2v) is 6.86. The molecule has 0 bridgehead atoms. The van der Waals surface area contributed by atoms with Crippen LogP contribution in [0.5, 0.6) is 0 Å². The summed E-state index contributed by atoms with van der Waals surface area (Å²) >= 11 is 0. The predicted octanol–water partition coefficient (Wildman–Crippen LogP) is 2.12. The Morgan fingerprint density at radius 3 is 2.04 bits per heavy atom. The third kappa shape index (κ3) is 4.18. The van der Waals surface area contributed by atoms with Gasteiger partial charge in [0.15, 0.2) is 0 Å². The molecule has 0 atom stereocenters. The van der Waals surface area contributed by atoms with Gasteiger partial charge in [-0.1, -0.05) is 12.8 Å². The van der Waals surface area contributed by atoms with Crippen molar-refractivity contribution in [3.8, 4) is 0 Å². The second kappa shape index (κ2) is 7.68. The predicted molar refractivity (Wildman–Crippen MR) is 95.2 cm³/mol. The van der Waals surface area contributed by atoms with Crippen molar-refractivity contribution in [1.29, 1.82) is 0 Å². The van der Waals surface area contributed by atoms with Crippen LogP contribution in [0.25, 0.3) is 0 Å². The minimum atomic E-state index is -0.137. The summed E-state index contributed by atoms with van der Waals surface area (Å²) in [5.41, 5.74) is 1.28. The van der Waals surface area contributed by atoms with Crippen molar-refractivity contribution in [3.63, 3.8) is 0 Å². The van der Waals surface area contributed by atoms with Gasteiger partial charge in [0.25, 0.3) is 5.91 Å². The largest absolute Gasteiger partial charge is 0.339 e. The Balaban J connectivity index is 1.54. The minimum absolute atomic E-state index is 0.0256. The first kappa shape index (κ1) is 17.5. The number of nitrogens with zero attached hydrogens (tertiary/aromatic N) is 2. The quantitative estimate of drug-likeness (QED) is 0.914. The van der Waals surface area contributed by atoms with Crippen molar-refractivity contribution < 1.29 is 14.4 Å². The smallest absolute Gasteiger partial charge is 0.253 e. The lowest BCUT2D eigenvalue weighted by Crippen LogP contribution is -2.51. The summed E-state index contributed by atoms with van der Waals surface area (Å²) in [4.78, 5) is 39.8. The van der Waals surface area contributed by atoms with Gasteiger partial charge in [-0.05, 0) is 37.1 Å². The van der Waals surface area contributed by atoms with Crippen LogP contribution in [-0.4, -0.2) is 53.7 Å². The molecule has 3 amide bonds. The fourth-order valence-electron chi connectivity index (χ4n) is 3.64. The summed E-state index contributed by atoms with van der Waals surface area (Å²) < 4.78 is 0. The minimum Gasteiger partial charge on any atom is -0.339 e. The summed E-state index contributed by atoms with van der Waals surface area (Å²) in [6.07, 6.45) is 4.34. The molecule has 1 aliphatic carbocycles. The number of piperazine rings is 1. The van der Waals surface area contributed by atoms with E-state index >= 15 is 0 Å². The van der Waals surface area contributed by atoms with E-state index in [1.807, 2.05) is 4.90 Å². The molecule has 134 valence electrons. The van der Waals surface area contributed by atoms with Gasteiger partial charge in [-0.3, -0.25) is 14.4 Å². The molecule has 0 radical (unpaired) electrons. The lowest BCUT2D eigenvalue weighted by atomic mass is 10.1. The van der Waals surface area contributed by atoms with Gasteiger partial charge in [-0.2, -0.15) is 0 Å². The SMILES string of the molecule is CC(=O)Nc1ccc(C(=O)N2CCN(C(=O)C3CCCC3)CC2)cc1.